The van der Waals surface area contributed by atoms with Crippen LogP contribution in [0.1, 0.15) is 50.3 Å². The van der Waals surface area contributed by atoms with Gasteiger partial charge in [0, 0.05) is 12.1 Å². The molecule has 8 heteroatoms. The molecule has 0 aliphatic carbocycles. The average Bonchev–Trinajstić information content (AvgIpc) is 3.48. The molecule has 2 heterocycles. The van der Waals surface area contributed by atoms with Gasteiger partial charge < -0.3 is 14.6 Å². The Balaban J connectivity index is 1.69. The minimum absolute atomic E-state index is 0.0457. The Morgan fingerprint density at radius 3 is 2.47 bits per heavy atom. The number of benzene rings is 2. The van der Waals surface area contributed by atoms with Gasteiger partial charge in [-0.15, -0.1) is 5.10 Å². The van der Waals surface area contributed by atoms with Crippen molar-refractivity contribution in [3.63, 3.8) is 0 Å². The lowest BCUT2D eigenvalue weighted by Gasteiger charge is -2.33. The molecular weight excluding hydrogens is 454 g/mol. The monoisotopic (exact) mass is 487 g/mol. The van der Waals surface area contributed by atoms with Gasteiger partial charge in [-0.05, 0) is 63.4 Å². The number of carbonyl (C=O) groups is 2. The van der Waals surface area contributed by atoms with Crippen molar-refractivity contribution < 1.29 is 14.0 Å². The Hall–Kier alpha value is -3.94. The van der Waals surface area contributed by atoms with Gasteiger partial charge in [0.2, 0.25) is 5.91 Å². The first-order chi connectivity index (χ1) is 17.3. The highest BCUT2D eigenvalue weighted by molar-refractivity contribution is 5.89. The van der Waals surface area contributed by atoms with Gasteiger partial charge >= 0.3 is 0 Å². The Labute approximate surface area is 211 Å². The molecule has 4 aromatic rings. The van der Waals surface area contributed by atoms with E-state index in [9.17, 15) is 9.59 Å². The van der Waals surface area contributed by atoms with Crippen molar-refractivity contribution in [1.82, 2.24) is 25.2 Å². The minimum Gasteiger partial charge on any atom is -0.464 e. The number of carbonyl (C=O) groups excluding carboxylic acids is 2. The second-order valence-corrected chi connectivity index (χ2v) is 9.64. The van der Waals surface area contributed by atoms with Crippen LogP contribution in [0.5, 0.6) is 0 Å². The van der Waals surface area contributed by atoms with Gasteiger partial charge in [-0.3, -0.25) is 9.59 Å². The SMILES string of the molecule is CCC(C)(C)NC(=O)[C@@H](c1ccc(C)o1)N(CCc1ccccc1)C(=O)Cn1nnc2ccccc21. The number of amides is 2. The van der Waals surface area contributed by atoms with Crippen LogP contribution in [0.15, 0.2) is 71.1 Å². The fourth-order valence-electron chi connectivity index (χ4n) is 4.06. The topological polar surface area (TPSA) is 93.3 Å². The molecule has 0 saturated heterocycles. The largest absolute Gasteiger partial charge is 0.464 e. The summed E-state index contributed by atoms with van der Waals surface area (Å²) in [5, 5.41) is 11.5. The van der Waals surface area contributed by atoms with Crippen LogP contribution < -0.4 is 5.32 Å². The Morgan fingerprint density at radius 2 is 1.78 bits per heavy atom. The first kappa shape index (κ1) is 25.2. The van der Waals surface area contributed by atoms with Crippen LogP contribution in [0.25, 0.3) is 11.0 Å². The summed E-state index contributed by atoms with van der Waals surface area (Å²) in [6, 6.07) is 20.1. The van der Waals surface area contributed by atoms with Crippen LogP contribution in [-0.4, -0.2) is 43.8 Å². The van der Waals surface area contributed by atoms with Gasteiger partial charge in [0.1, 0.15) is 23.6 Å². The third kappa shape index (κ3) is 5.82. The highest BCUT2D eigenvalue weighted by Crippen LogP contribution is 2.26. The fraction of sp³-hybridized carbons (Fsp3) is 0.357. The number of rotatable bonds is 10. The maximum Gasteiger partial charge on any atom is 0.251 e. The molecule has 8 nitrogen and oxygen atoms in total. The van der Waals surface area contributed by atoms with E-state index in [4.69, 9.17) is 4.42 Å². The number of nitrogens with one attached hydrogen (secondary N) is 1. The van der Waals surface area contributed by atoms with Crippen LogP contribution in [0.2, 0.25) is 0 Å². The Kier molecular flexibility index (Phi) is 7.52. The number of aromatic nitrogens is 3. The summed E-state index contributed by atoms with van der Waals surface area (Å²) in [6.45, 7) is 8.06. The van der Waals surface area contributed by atoms with Crippen molar-refractivity contribution in [3.05, 3.63) is 83.8 Å². The zero-order valence-corrected chi connectivity index (χ0v) is 21.3. The number of aryl methyl sites for hydroxylation is 1. The molecule has 0 radical (unpaired) electrons. The van der Waals surface area contributed by atoms with Crippen molar-refractivity contribution in [3.8, 4) is 0 Å². The molecule has 0 spiro atoms. The number of para-hydroxylation sites is 1. The fourth-order valence-corrected chi connectivity index (χ4v) is 4.06. The minimum atomic E-state index is -0.921. The summed E-state index contributed by atoms with van der Waals surface area (Å²) >= 11 is 0. The Morgan fingerprint density at radius 1 is 1.06 bits per heavy atom. The van der Waals surface area contributed by atoms with E-state index in [0.29, 0.717) is 30.0 Å². The summed E-state index contributed by atoms with van der Waals surface area (Å²) in [6.07, 6.45) is 1.33. The molecule has 36 heavy (non-hydrogen) atoms. The number of furan rings is 1. The predicted octanol–water partition coefficient (Wildman–Crippen LogP) is 4.45. The maximum absolute atomic E-state index is 13.9. The summed E-state index contributed by atoms with van der Waals surface area (Å²) in [5.41, 5.74) is 2.11. The number of fused-ring (bicyclic) bond motifs is 1. The summed E-state index contributed by atoms with van der Waals surface area (Å²) in [5.74, 6) is 0.586. The molecular formula is C28H33N5O3. The molecule has 0 fully saturated rings. The first-order valence-corrected chi connectivity index (χ1v) is 12.3. The molecule has 0 saturated carbocycles. The molecule has 2 aromatic carbocycles. The summed E-state index contributed by atoms with van der Waals surface area (Å²) in [7, 11) is 0. The van der Waals surface area contributed by atoms with E-state index >= 15 is 0 Å². The summed E-state index contributed by atoms with van der Waals surface area (Å²) < 4.78 is 7.49. The lowest BCUT2D eigenvalue weighted by molar-refractivity contribution is -0.142. The maximum atomic E-state index is 13.9. The van der Waals surface area contributed by atoms with Crippen molar-refractivity contribution in [2.75, 3.05) is 6.54 Å². The van der Waals surface area contributed by atoms with E-state index in [0.717, 1.165) is 17.5 Å². The second-order valence-electron chi connectivity index (χ2n) is 9.64. The normalized spacial score (nSPS) is 12.4. The van der Waals surface area contributed by atoms with E-state index in [1.807, 2.05) is 88.4 Å². The predicted molar refractivity (Wildman–Crippen MR) is 138 cm³/mol. The molecule has 0 bridgehead atoms. The third-order valence-corrected chi connectivity index (χ3v) is 6.45. The van der Waals surface area contributed by atoms with Gasteiger partial charge in [-0.2, -0.15) is 0 Å². The van der Waals surface area contributed by atoms with Crippen molar-refractivity contribution in [1.29, 1.82) is 0 Å². The van der Waals surface area contributed by atoms with E-state index in [2.05, 4.69) is 15.6 Å². The quantitative estimate of drug-likeness (QED) is 0.357. The van der Waals surface area contributed by atoms with Crippen LogP contribution in [0.4, 0.5) is 0 Å². The molecule has 1 atom stereocenters. The van der Waals surface area contributed by atoms with Gasteiger partial charge in [-0.1, -0.05) is 54.6 Å². The summed E-state index contributed by atoms with van der Waals surface area (Å²) in [4.78, 5) is 29.2. The third-order valence-electron chi connectivity index (χ3n) is 6.45. The van der Waals surface area contributed by atoms with Crippen LogP contribution in [0.3, 0.4) is 0 Å². The molecule has 2 aromatic heterocycles. The lowest BCUT2D eigenvalue weighted by Crippen LogP contribution is -2.51. The molecule has 0 aliphatic heterocycles. The van der Waals surface area contributed by atoms with Crippen molar-refractivity contribution in [2.24, 2.45) is 0 Å². The highest BCUT2D eigenvalue weighted by atomic mass is 16.3. The van der Waals surface area contributed by atoms with Gasteiger partial charge in [0.15, 0.2) is 6.04 Å². The van der Waals surface area contributed by atoms with Gasteiger partial charge in [-0.25, -0.2) is 4.68 Å². The molecule has 0 aliphatic rings. The molecule has 1 N–H and O–H groups in total. The molecule has 0 unspecified atom stereocenters. The Bertz CT molecular complexity index is 1330. The highest BCUT2D eigenvalue weighted by Gasteiger charge is 2.36. The smallest absolute Gasteiger partial charge is 0.251 e. The van der Waals surface area contributed by atoms with Gasteiger partial charge in [0.05, 0.1) is 5.52 Å². The zero-order valence-electron chi connectivity index (χ0n) is 21.3. The first-order valence-electron chi connectivity index (χ1n) is 12.3. The second kappa shape index (κ2) is 10.8. The van der Waals surface area contributed by atoms with E-state index < -0.39 is 11.6 Å². The van der Waals surface area contributed by atoms with E-state index in [1.54, 1.807) is 15.6 Å². The number of hydrogen-bond donors (Lipinski definition) is 1. The van der Waals surface area contributed by atoms with E-state index in [1.165, 1.54) is 0 Å². The standard InChI is InChI=1S/C28H33N5O3/c1-5-28(3,4)29-27(35)26(24-16-15-20(2)36-24)32(18-17-21-11-7-6-8-12-21)25(34)19-33-23-14-10-9-13-22(23)30-31-33/h6-16,26H,5,17-19H2,1-4H3,(H,29,35)/t26-/m1/s1. The van der Waals surface area contributed by atoms with Crippen LogP contribution in [-0.2, 0) is 22.6 Å². The number of nitrogens with zero attached hydrogens (tertiary/aromatic N) is 4. The van der Waals surface area contributed by atoms with Crippen LogP contribution in [0, 0.1) is 6.92 Å². The van der Waals surface area contributed by atoms with E-state index in [-0.39, 0.29) is 18.4 Å². The van der Waals surface area contributed by atoms with Crippen molar-refractivity contribution in [2.45, 2.75) is 58.7 Å². The van der Waals surface area contributed by atoms with Crippen molar-refractivity contribution >= 4 is 22.8 Å². The number of hydrogen-bond acceptors (Lipinski definition) is 5. The molecule has 188 valence electrons. The average molecular weight is 488 g/mol. The molecule has 4 rings (SSSR count). The van der Waals surface area contributed by atoms with Crippen LogP contribution >= 0.6 is 0 Å². The molecule has 2 amide bonds. The lowest BCUT2D eigenvalue weighted by atomic mass is 10.0. The zero-order chi connectivity index (χ0) is 25.7. The van der Waals surface area contributed by atoms with Gasteiger partial charge in [0.25, 0.3) is 5.91 Å².